The summed E-state index contributed by atoms with van der Waals surface area (Å²) < 4.78 is 0. The molecule has 0 saturated heterocycles. The molecule has 0 saturated carbocycles. The fraction of sp³-hybridized carbons (Fsp3) is 0.500. The number of hydrogen-bond acceptors (Lipinski definition) is 5. The lowest BCUT2D eigenvalue weighted by Gasteiger charge is -1.99. The second-order valence-electron chi connectivity index (χ2n) is 2.60. The first-order chi connectivity index (χ1) is 5.84. The normalized spacial score (nSPS) is 22.7. The number of nitrogens with zero attached hydrogens (tertiary/aromatic N) is 3. The molecule has 1 aliphatic heterocycles. The standard InChI is InChI=1S/C6H9N5S/c7-6-9-5(3-12-6)1-4-2-8-11-10-4/h2,5H,1,3H2,(H2,7,9)(H,8,10,11). The molecule has 1 atom stereocenters. The lowest BCUT2D eigenvalue weighted by atomic mass is 10.2. The van der Waals surface area contributed by atoms with Crippen molar-refractivity contribution in [1.82, 2.24) is 15.4 Å². The van der Waals surface area contributed by atoms with Crippen molar-refractivity contribution in [3.63, 3.8) is 0 Å². The highest BCUT2D eigenvalue weighted by molar-refractivity contribution is 8.14. The van der Waals surface area contributed by atoms with E-state index in [1.54, 1.807) is 18.0 Å². The molecule has 0 radical (unpaired) electrons. The molecule has 1 aromatic rings. The number of hydrogen-bond donors (Lipinski definition) is 2. The van der Waals surface area contributed by atoms with Gasteiger partial charge in [0.05, 0.1) is 17.9 Å². The van der Waals surface area contributed by atoms with Gasteiger partial charge in [0.15, 0.2) is 5.17 Å². The number of nitrogens with one attached hydrogen (secondary N) is 1. The third-order valence-electron chi connectivity index (χ3n) is 1.64. The second-order valence-corrected chi connectivity index (χ2v) is 3.64. The van der Waals surface area contributed by atoms with Gasteiger partial charge in [-0.25, -0.2) is 0 Å². The summed E-state index contributed by atoms with van der Waals surface area (Å²) in [7, 11) is 0. The van der Waals surface area contributed by atoms with Gasteiger partial charge in [-0.1, -0.05) is 11.8 Å². The molecule has 0 fully saturated rings. The predicted molar refractivity (Wildman–Crippen MR) is 48.0 cm³/mol. The van der Waals surface area contributed by atoms with Gasteiger partial charge in [-0.05, 0) is 0 Å². The van der Waals surface area contributed by atoms with Crippen molar-refractivity contribution in [3.8, 4) is 0 Å². The number of amidine groups is 1. The van der Waals surface area contributed by atoms with Crippen molar-refractivity contribution in [1.29, 1.82) is 0 Å². The maximum atomic E-state index is 5.52. The zero-order chi connectivity index (χ0) is 8.39. The van der Waals surface area contributed by atoms with Crippen molar-refractivity contribution in [3.05, 3.63) is 11.9 Å². The zero-order valence-electron chi connectivity index (χ0n) is 6.40. The van der Waals surface area contributed by atoms with Gasteiger partial charge in [0, 0.05) is 12.2 Å². The Morgan fingerprint density at radius 2 is 2.67 bits per heavy atom. The Kier molecular flexibility index (Phi) is 1.99. The highest BCUT2D eigenvalue weighted by Gasteiger charge is 2.17. The molecule has 2 heterocycles. The van der Waals surface area contributed by atoms with Gasteiger partial charge in [0.2, 0.25) is 0 Å². The van der Waals surface area contributed by atoms with Crippen LogP contribution in [0.25, 0.3) is 0 Å². The molecule has 5 nitrogen and oxygen atoms in total. The molecule has 2 rings (SSSR count). The molecule has 1 aromatic heterocycles. The van der Waals surface area contributed by atoms with E-state index in [1.165, 1.54) is 0 Å². The third-order valence-corrected chi connectivity index (χ3v) is 2.60. The second kappa shape index (κ2) is 3.14. The Hall–Kier alpha value is -1.04. The lowest BCUT2D eigenvalue weighted by molar-refractivity contribution is 0.739. The minimum atomic E-state index is 0.278. The van der Waals surface area contributed by atoms with Crippen LogP contribution >= 0.6 is 11.8 Å². The monoisotopic (exact) mass is 183 g/mol. The Labute approximate surface area is 73.8 Å². The highest BCUT2D eigenvalue weighted by Crippen LogP contribution is 2.17. The van der Waals surface area contributed by atoms with E-state index in [4.69, 9.17) is 5.73 Å². The van der Waals surface area contributed by atoms with Gasteiger partial charge in [0.1, 0.15) is 0 Å². The topological polar surface area (TPSA) is 80.0 Å². The van der Waals surface area contributed by atoms with Gasteiger partial charge in [0.25, 0.3) is 0 Å². The average Bonchev–Trinajstić information content (AvgIpc) is 2.63. The van der Waals surface area contributed by atoms with Crippen LogP contribution < -0.4 is 5.73 Å². The van der Waals surface area contributed by atoms with E-state index >= 15 is 0 Å². The van der Waals surface area contributed by atoms with Crippen LogP contribution in [0.2, 0.25) is 0 Å². The van der Waals surface area contributed by atoms with Crippen molar-refractivity contribution >= 4 is 16.9 Å². The Morgan fingerprint density at radius 1 is 1.75 bits per heavy atom. The van der Waals surface area contributed by atoms with Crippen LogP contribution in [0.4, 0.5) is 0 Å². The quantitative estimate of drug-likeness (QED) is 0.664. The van der Waals surface area contributed by atoms with Crippen LogP contribution in [0.15, 0.2) is 11.2 Å². The van der Waals surface area contributed by atoms with Crippen LogP contribution in [-0.4, -0.2) is 32.4 Å². The third kappa shape index (κ3) is 1.58. The van der Waals surface area contributed by atoms with Crippen LogP contribution in [0.3, 0.4) is 0 Å². The minimum absolute atomic E-state index is 0.278. The summed E-state index contributed by atoms with van der Waals surface area (Å²) >= 11 is 1.60. The summed E-state index contributed by atoms with van der Waals surface area (Å²) in [6.07, 6.45) is 2.54. The molecule has 3 N–H and O–H groups in total. The first-order valence-electron chi connectivity index (χ1n) is 3.65. The maximum absolute atomic E-state index is 5.52. The van der Waals surface area contributed by atoms with E-state index in [2.05, 4.69) is 20.4 Å². The summed E-state index contributed by atoms with van der Waals surface area (Å²) in [5.41, 5.74) is 6.47. The molecule has 0 amide bonds. The largest absolute Gasteiger partial charge is 0.379 e. The number of aromatic nitrogens is 3. The van der Waals surface area contributed by atoms with E-state index in [0.717, 1.165) is 17.9 Å². The summed E-state index contributed by atoms with van der Waals surface area (Å²) in [6.45, 7) is 0. The highest BCUT2D eigenvalue weighted by atomic mass is 32.2. The molecule has 1 unspecified atom stereocenters. The summed E-state index contributed by atoms with van der Waals surface area (Å²) in [6, 6.07) is 0.278. The van der Waals surface area contributed by atoms with E-state index in [1.807, 2.05) is 0 Å². The number of nitrogens with two attached hydrogens (primary N) is 1. The molecule has 6 heteroatoms. The van der Waals surface area contributed by atoms with Crippen LogP contribution in [0.1, 0.15) is 5.69 Å². The van der Waals surface area contributed by atoms with Gasteiger partial charge in [-0.2, -0.15) is 15.4 Å². The molecular weight excluding hydrogens is 174 g/mol. The lowest BCUT2D eigenvalue weighted by Crippen LogP contribution is -2.08. The molecule has 12 heavy (non-hydrogen) atoms. The van der Waals surface area contributed by atoms with Crippen molar-refractivity contribution < 1.29 is 0 Å². The zero-order valence-corrected chi connectivity index (χ0v) is 7.21. The average molecular weight is 183 g/mol. The molecule has 0 spiro atoms. The van der Waals surface area contributed by atoms with Crippen LogP contribution in [0, 0.1) is 0 Å². The first kappa shape index (κ1) is 7.60. The van der Waals surface area contributed by atoms with Crippen molar-refractivity contribution in [2.24, 2.45) is 10.7 Å². The molecule has 1 aliphatic rings. The number of aromatic amines is 1. The molecule has 0 bridgehead atoms. The number of rotatable bonds is 2. The number of H-pyrrole nitrogens is 1. The Bertz CT molecular complexity index is 280. The van der Waals surface area contributed by atoms with Gasteiger partial charge in [-0.3, -0.25) is 4.99 Å². The van der Waals surface area contributed by atoms with Gasteiger partial charge >= 0.3 is 0 Å². The maximum Gasteiger partial charge on any atom is 0.154 e. The van der Waals surface area contributed by atoms with Crippen LogP contribution in [-0.2, 0) is 6.42 Å². The SMILES string of the molecule is NC1=NC(Cc2cn[nH]n2)CS1. The molecule has 64 valence electrons. The van der Waals surface area contributed by atoms with Gasteiger partial charge < -0.3 is 5.73 Å². The van der Waals surface area contributed by atoms with Gasteiger partial charge in [-0.15, -0.1) is 0 Å². The smallest absolute Gasteiger partial charge is 0.154 e. The van der Waals surface area contributed by atoms with Crippen LogP contribution in [0.5, 0.6) is 0 Å². The molecular formula is C6H9N5S. The summed E-state index contributed by atoms with van der Waals surface area (Å²) in [4.78, 5) is 4.24. The van der Waals surface area contributed by atoms with E-state index < -0.39 is 0 Å². The Morgan fingerprint density at radius 3 is 3.25 bits per heavy atom. The van der Waals surface area contributed by atoms with E-state index in [0.29, 0.717) is 5.17 Å². The van der Waals surface area contributed by atoms with E-state index in [9.17, 15) is 0 Å². The van der Waals surface area contributed by atoms with Crippen molar-refractivity contribution in [2.45, 2.75) is 12.5 Å². The molecule has 0 aromatic carbocycles. The Balaban J connectivity index is 1.97. The first-order valence-corrected chi connectivity index (χ1v) is 4.64. The van der Waals surface area contributed by atoms with E-state index in [-0.39, 0.29) is 6.04 Å². The summed E-state index contributed by atoms with van der Waals surface area (Å²) in [5.74, 6) is 0.957. The number of thioether (sulfide) groups is 1. The van der Waals surface area contributed by atoms with Crippen molar-refractivity contribution in [2.75, 3.05) is 5.75 Å². The fourth-order valence-corrected chi connectivity index (χ4v) is 1.88. The molecule has 0 aliphatic carbocycles. The fourth-order valence-electron chi connectivity index (χ4n) is 1.11. The minimum Gasteiger partial charge on any atom is -0.379 e. The summed E-state index contributed by atoms with van der Waals surface area (Å²) in [5, 5.41) is 10.9. The predicted octanol–water partition coefficient (Wildman–Crippen LogP) is -0.223. The number of aliphatic imine (C=N–C) groups is 1.